The fraction of sp³-hybridized carbons (Fsp3) is 0.556. The van der Waals surface area contributed by atoms with Crippen LogP contribution in [-0.4, -0.2) is 39.6 Å². The van der Waals surface area contributed by atoms with Crippen molar-refractivity contribution in [3.63, 3.8) is 0 Å². The summed E-state index contributed by atoms with van der Waals surface area (Å²) in [6.07, 6.45) is 2.08. The molecule has 88 valence electrons. The largest absolute Gasteiger partial charge is 0.480 e. The smallest absolute Gasteiger partial charge is 0.325 e. The number of hydrogen-bond acceptors (Lipinski definition) is 5. The molecule has 3 N–H and O–H groups in total. The van der Waals surface area contributed by atoms with Crippen molar-refractivity contribution in [3.05, 3.63) is 15.5 Å². The van der Waals surface area contributed by atoms with Crippen LogP contribution in [0.3, 0.4) is 0 Å². The Bertz CT molecular complexity index is 411. The summed E-state index contributed by atoms with van der Waals surface area (Å²) >= 11 is 7.18. The number of hydrogen-bond donors (Lipinski definition) is 2. The molecule has 0 aliphatic carbocycles. The molecule has 5 nitrogen and oxygen atoms in total. The first-order valence-corrected chi connectivity index (χ1v) is 6.04. The molecule has 0 aromatic carbocycles. The van der Waals surface area contributed by atoms with Crippen molar-refractivity contribution in [2.75, 3.05) is 13.1 Å². The summed E-state index contributed by atoms with van der Waals surface area (Å²) < 4.78 is 0.645. The summed E-state index contributed by atoms with van der Waals surface area (Å²) in [6, 6.07) is 0. The predicted molar refractivity (Wildman–Crippen MR) is 61.6 cm³/mol. The summed E-state index contributed by atoms with van der Waals surface area (Å²) in [4.78, 5) is 17.1. The average Bonchev–Trinajstić information content (AvgIpc) is 2.75. The Morgan fingerprint density at radius 3 is 3.06 bits per heavy atom. The van der Waals surface area contributed by atoms with E-state index in [9.17, 15) is 4.79 Å². The highest BCUT2D eigenvalue weighted by atomic mass is 35.5. The van der Waals surface area contributed by atoms with Crippen LogP contribution in [0, 0.1) is 0 Å². The third kappa shape index (κ3) is 2.35. The van der Waals surface area contributed by atoms with E-state index in [0.29, 0.717) is 30.4 Å². The summed E-state index contributed by atoms with van der Waals surface area (Å²) in [5.74, 6) is -0.938. The molecule has 0 amide bonds. The average molecular weight is 262 g/mol. The Hall–Kier alpha value is -0.690. The molecule has 0 radical (unpaired) electrons. The monoisotopic (exact) mass is 261 g/mol. The number of likely N-dealkylation sites (tertiary alicyclic amines) is 1. The Kier molecular flexibility index (Phi) is 3.16. The number of carboxylic acids is 1. The number of halogens is 1. The van der Waals surface area contributed by atoms with E-state index < -0.39 is 11.5 Å². The highest BCUT2D eigenvalue weighted by molar-refractivity contribution is 7.15. The van der Waals surface area contributed by atoms with Crippen LogP contribution in [0.25, 0.3) is 0 Å². The van der Waals surface area contributed by atoms with Crippen molar-refractivity contribution in [1.29, 1.82) is 0 Å². The number of aromatic nitrogens is 1. The maximum absolute atomic E-state index is 10.9. The van der Waals surface area contributed by atoms with Crippen molar-refractivity contribution in [2.24, 2.45) is 5.73 Å². The summed E-state index contributed by atoms with van der Waals surface area (Å²) in [5, 5.41) is 9.86. The summed E-state index contributed by atoms with van der Waals surface area (Å²) in [7, 11) is 0. The van der Waals surface area contributed by atoms with E-state index in [-0.39, 0.29) is 0 Å². The van der Waals surface area contributed by atoms with Crippen molar-refractivity contribution in [1.82, 2.24) is 9.88 Å². The van der Waals surface area contributed by atoms with Gasteiger partial charge in [-0.3, -0.25) is 9.69 Å². The minimum atomic E-state index is -1.11. The Morgan fingerprint density at radius 2 is 2.56 bits per heavy atom. The zero-order valence-electron chi connectivity index (χ0n) is 8.52. The number of nitrogens with two attached hydrogens (primary N) is 1. The molecule has 2 rings (SSSR count). The van der Waals surface area contributed by atoms with Gasteiger partial charge >= 0.3 is 5.97 Å². The second kappa shape index (κ2) is 4.29. The van der Waals surface area contributed by atoms with Crippen molar-refractivity contribution in [2.45, 2.75) is 18.5 Å². The SMILES string of the molecule is NC1(C(=O)O)CCN(Cc2ncc(Cl)s2)C1. The number of aliphatic carboxylic acids is 1. The normalized spacial score (nSPS) is 26.1. The Balaban J connectivity index is 1.97. The van der Waals surface area contributed by atoms with Crippen LogP contribution >= 0.6 is 22.9 Å². The van der Waals surface area contributed by atoms with Gasteiger partial charge in [-0.05, 0) is 6.42 Å². The molecular formula is C9H12ClN3O2S. The van der Waals surface area contributed by atoms with Gasteiger partial charge in [0.25, 0.3) is 0 Å². The third-order valence-corrected chi connectivity index (χ3v) is 3.79. The Morgan fingerprint density at radius 1 is 1.81 bits per heavy atom. The van der Waals surface area contributed by atoms with Crippen molar-refractivity contribution < 1.29 is 9.90 Å². The molecular weight excluding hydrogens is 250 g/mol. The first-order chi connectivity index (χ1) is 7.49. The van der Waals surface area contributed by atoms with Gasteiger partial charge < -0.3 is 10.8 Å². The van der Waals surface area contributed by atoms with Gasteiger partial charge in [0, 0.05) is 13.1 Å². The van der Waals surface area contributed by atoms with E-state index in [1.165, 1.54) is 11.3 Å². The molecule has 16 heavy (non-hydrogen) atoms. The van der Waals surface area contributed by atoms with Crippen LogP contribution in [0.2, 0.25) is 4.34 Å². The lowest BCUT2D eigenvalue weighted by molar-refractivity contribution is -0.142. The van der Waals surface area contributed by atoms with E-state index in [4.69, 9.17) is 22.4 Å². The molecule has 1 unspecified atom stereocenters. The molecule has 7 heteroatoms. The Labute approximate surface area is 102 Å². The molecule has 0 bridgehead atoms. The fourth-order valence-electron chi connectivity index (χ4n) is 1.78. The van der Waals surface area contributed by atoms with Crippen LogP contribution in [0.4, 0.5) is 0 Å². The molecule has 0 saturated carbocycles. The number of thiazole rings is 1. The summed E-state index contributed by atoms with van der Waals surface area (Å²) in [5.41, 5.74) is 4.66. The minimum absolute atomic E-state index is 0.361. The topological polar surface area (TPSA) is 79.5 Å². The van der Waals surface area contributed by atoms with E-state index in [2.05, 4.69) is 4.98 Å². The van der Waals surface area contributed by atoms with Crippen LogP contribution in [0.15, 0.2) is 6.20 Å². The van der Waals surface area contributed by atoms with Gasteiger partial charge in [0.2, 0.25) is 0 Å². The predicted octanol–water partition coefficient (Wildman–Crippen LogP) is 0.784. The van der Waals surface area contributed by atoms with Crippen LogP contribution in [-0.2, 0) is 11.3 Å². The lowest BCUT2D eigenvalue weighted by Crippen LogP contribution is -2.50. The van der Waals surface area contributed by atoms with Crippen molar-refractivity contribution >= 4 is 28.9 Å². The number of carbonyl (C=O) groups is 1. The van der Waals surface area contributed by atoms with Gasteiger partial charge in [0.05, 0.1) is 12.7 Å². The fourth-order valence-corrected chi connectivity index (χ4v) is 2.78. The lowest BCUT2D eigenvalue weighted by Gasteiger charge is -2.19. The quantitative estimate of drug-likeness (QED) is 0.841. The van der Waals surface area contributed by atoms with E-state index in [0.717, 1.165) is 5.01 Å². The molecule has 2 heterocycles. The molecule has 1 aliphatic rings. The zero-order chi connectivity index (χ0) is 11.8. The molecule has 1 saturated heterocycles. The van der Waals surface area contributed by atoms with Gasteiger partial charge in [0.1, 0.15) is 14.9 Å². The second-order valence-corrected chi connectivity index (χ2v) is 5.73. The van der Waals surface area contributed by atoms with Gasteiger partial charge in [-0.2, -0.15) is 0 Å². The van der Waals surface area contributed by atoms with Crippen molar-refractivity contribution in [3.8, 4) is 0 Å². The molecule has 0 spiro atoms. The van der Waals surface area contributed by atoms with Gasteiger partial charge in [-0.1, -0.05) is 11.6 Å². The third-order valence-electron chi connectivity index (χ3n) is 2.69. The maximum atomic E-state index is 10.9. The van der Waals surface area contributed by atoms with Gasteiger partial charge in [-0.25, -0.2) is 4.98 Å². The highest BCUT2D eigenvalue weighted by Crippen LogP contribution is 2.24. The molecule has 1 aromatic rings. The highest BCUT2D eigenvalue weighted by Gasteiger charge is 2.41. The first kappa shape index (κ1) is 11.8. The molecule has 1 aromatic heterocycles. The first-order valence-electron chi connectivity index (χ1n) is 4.84. The van der Waals surface area contributed by atoms with Crippen LogP contribution in [0.1, 0.15) is 11.4 Å². The minimum Gasteiger partial charge on any atom is -0.480 e. The van der Waals surface area contributed by atoms with Crippen LogP contribution in [0.5, 0.6) is 0 Å². The number of carboxylic acid groups (broad SMARTS) is 1. The summed E-state index contributed by atoms with van der Waals surface area (Å²) in [6.45, 7) is 1.66. The van der Waals surface area contributed by atoms with E-state index in [1.807, 2.05) is 4.90 Å². The number of nitrogens with zero attached hydrogens (tertiary/aromatic N) is 2. The second-order valence-electron chi connectivity index (χ2n) is 3.98. The molecule has 1 atom stereocenters. The van der Waals surface area contributed by atoms with Crippen LogP contribution < -0.4 is 5.73 Å². The molecule has 1 fully saturated rings. The molecule has 1 aliphatic heterocycles. The zero-order valence-corrected chi connectivity index (χ0v) is 10.1. The maximum Gasteiger partial charge on any atom is 0.325 e. The number of rotatable bonds is 3. The van der Waals surface area contributed by atoms with E-state index >= 15 is 0 Å². The van der Waals surface area contributed by atoms with Gasteiger partial charge in [-0.15, -0.1) is 11.3 Å². The lowest BCUT2D eigenvalue weighted by atomic mass is 10.0. The van der Waals surface area contributed by atoms with E-state index in [1.54, 1.807) is 6.20 Å². The van der Waals surface area contributed by atoms with Gasteiger partial charge in [0.15, 0.2) is 0 Å². The standard InChI is InChI=1S/C9H12ClN3O2S/c10-6-3-12-7(16-6)4-13-2-1-9(11,5-13)8(14)15/h3H,1-2,4-5,11H2,(H,14,15).